The molecule has 0 radical (unpaired) electrons. The van der Waals surface area contributed by atoms with E-state index in [9.17, 15) is 13.6 Å². The van der Waals surface area contributed by atoms with Crippen LogP contribution >= 0.6 is 0 Å². The second-order valence-corrected chi connectivity index (χ2v) is 6.76. The van der Waals surface area contributed by atoms with Gasteiger partial charge in [0.1, 0.15) is 23.3 Å². The maximum absolute atomic E-state index is 12.6. The molecule has 0 spiro atoms. The van der Waals surface area contributed by atoms with Gasteiger partial charge in [-0.15, -0.1) is 0 Å². The lowest BCUT2D eigenvalue weighted by Gasteiger charge is -2.29. The van der Waals surface area contributed by atoms with Gasteiger partial charge >= 0.3 is 6.61 Å². The standard InChI is InChI=1S/C23H22F2N4O3/c1-3-5-17-20(12-26)32-19-9-8-15(14-6-4-7-16(10-14)31-22(24)25)11-18(19)21(17)28-23(27)29(2)13-30/h3-13,21-22H,1,26H2,2H3,(H2,27,28)/b17-5+,20-12+. The van der Waals surface area contributed by atoms with Crippen LogP contribution in [0.5, 0.6) is 11.5 Å². The zero-order valence-electron chi connectivity index (χ0n) is 17.2. The first-order valence-electron chi connectivity index (χ1n) is 9.51. The Kier molecular flexibility index (Phi) is 6.89. The molecule has 9 heteroatoms. The summed E-state index contributed by atoms with van der Waals surface area (Å²) < 4.78 is 35.6. The lowest BCUT2D eigenvalue weighted by molar-refractivity contribution is -0.114. The van der Waals surface area contributed by atoms with Gasteiger partial charge in [0, 0.05) is 24.4 Å². The topological polar surface area (TPSA) is 103 Å². The van der Waals surface area contributed by atoms with Crippen molar-refractivity contribution in [1.29, 1.82) is 0 Å². The number of ether oxygens (including phenoxy) is 2. The molecule has 32 heavy (non-hydrogen) atoms. The third-order valence-electron chi connectivity index (χ3n) is 4.73. The van der Waals surface area contributed by atoms with Crippen LogP contribution in [-0.4, -0.2) is 30.9 Å². The van der Waals surface area contributed by atoms with Gasteiger partial charge in [0.2, 0.25) is 6.41 Å². The van der Waals surface area contributed by atoms with E-state index in [-0.39, 0.29) is 11.7 Å². The van der Waals surface area contributed by atoms with Crippen molar-refractivity contribution < 1.29 is 23.0 Å². The number of aliphatic imine (C=N–C) groups is 1. The molecular formula is C23H22F2N4O3. The molecule has 1 unspecified atom stereocenters. The highest BCUT2D eigenvalue weighted by Crippen LogP contribution is 2.44. The number of amides is 1. The minimum Gasteiger partial charge on any atom is -0.455 e. The van der Waals surface area contributed by atoms with Crippen LogP contribution in [0.2, 0.25) is 0 Å². The van der Waals surface area contributed by atoms with Crippen molar-refractivity contribution in [3.8, 4) is 22.6 Å². The van der Waals surface area contributed by atoms with Crippen molar-refractivity contribution in [2.75, 3.05) is 7.05 Å². The number of hydrogen-bond donors (Lipinski definition) is 2. The molecule has 1 amide bonds. The molecule has 0 saturated heterocycles. The summed E-state index contributed by atoms with van der Waals surface area (Å²) in [6, 6.07) is 11.0. The molecule has 3 rings (SSSR count). The Labute approximate surface area is 183 Å². The van der Waals surface area contributed by atoms with Crippen LogP contribution in [0.1, 0.15) is 11.6 Å². The molecule has 4 N–H and O–H groups in total. The van der Waals surface area contributed by atoms with Gasteiger partial charge in [-0.2, -0.15) is 8.78 Å². The summed E-state index contributed by atoms with van der Waals surface area (Å²) in [5.41, 5.74) is 14.3. The number of carbonyl (C=O) groups is 1. The van der Waals surface area contributed by atoms with Crippen LogP contribution in [0.3, 0.4) is 0 Å². The van der Waals surface area contributed by atoms with Crippen LogP contribution in [-0.2, 0) is 4.79 Å². The predicted octanol–water partition coefficient (Wildman–Crippen LogP) is 3.70. The van der Waals surface area contributed by atoms with Crippen LogP contribution < -0.4 is 20.9 Å². The normalized spacial score (nSPS) is 18.2. The molecule has 2 aromatic rings. The monoisotopic (exact) mass is 440 g/mol. The Morgan fingerprint density at radius 2 is 2.03 bits per heavy atom. The zero-order valence-corrected chi connectivity index (χ0v) is 17.2. The number of nitrogens with two attached hydrogens (primary N) is 2. The summed E-state index contributed by atoms with van der Waals surface area (Å²) in [4.78, 5) is 16.8. The Hall–Kier alpha value is -4.14. The molecule has 2 aromatic carbocycles. The quantitative estimate of drug-likeness (QED) is 0.405. The summed E-state index contributed by atoms with van der Waals surface area (Å²) in [6.07, 6.45) is 5.10. The van der Waals surface area contributed by atoms with Crippen molar-refractivity contribution in [1.82, 2.24) is 4.90 Å². The first-order valence-corrected chi connectivity index (χ1v) is 9.51. The van der Waals surface area contributed by atoms with Crippen molar-refractivity contribution in [3.63, 3.8) is 0 Å². The number of fused-ring (bicyclic) bond motifs is 1. The highest BCUT2D eigenvalue weighted by Gasteiger charge is 2.30. The number of carbonyl (C=O) groups excluding carboxylic acids is 1. The third kappa shape index (κ3) is 4.77. The molecule has 1 heterocycles. The molecule has 0 aromatic heterocycles. The van der Waals surface area contributed by atoms with Gasteiger partial charge in [-0.05, 0) is 35.4 Å². The molecular weight excluding hydrogens is 418 g/mol. The van der Waals surface area contributed by atoms with Crippen molar-refractivity contribution in [2.45, 2.75) is 12.7 Å². The largest absolute Gasteiger partial charge is 0.455 e. The Bertz CT molecular complexity index is 1110. The highest BCUT2D eigenvalue weighted by atomic mass is 19.3. The minimum atomic E-state index is -2.92. The van der Waals surface area contributed by atoms with Crippen molar-refractivity contribution >= 4 is 12.4 Å². The molecule has 0 fully saturated rings. The van der Waals surface area contributed by atoms with Gasteiger partial charge < -0.3 is 20.9 Å². The number of rotatable bonds is 6. The van der Waals surface area contributed by atoms with Gasteiger partial charge in [0.25, 0.3) is 0 Å². The Morgan fingerprint density at radius 3 is 2.69 bits per heavy atom. The third-order valence-corrected chi connectivity index (χ3v) is 4.73. The van der Waals surface area contributed by atoms with Gasteiger partial charge in [0.15, 0.2) is 5.96 Å². The highest BCUT2D eigenvalue weighted by molar-refractivity contribution is 5.87. The van der Waals surface area contributed by atoms with Crippen LogP contribution in [0, 0.1) is 0 Å². The second kappa shape index (κ2) is 9.78. The van der Waals surface area contributed by atoms with E-state index < -0.39 is 12.7 Å². The first kappa shape index (κ1) is 22.5. The molecule has 1 atom stereocenters. The smallest absolute Gasteiger partial charge is 0.387 e. The molecule has 0 bridgehead atoms. The van der Waals surface area contributed by atoms with E-state index in [0.29, 0.717) is 40.2 Å². The van der Waals surface area contributed by atoms with Gasteiger partial charge in [-0.25, -0.2) is 4.99 Å². The lowest BCUT2D eigenvalue weighted by Crippen LogP contribution is -2.34. The zero-order chi connectivity index (χ0) is 23.3. The minimum absolute atomic E-state index is 0.0121. The van der Waals surface area contributed by atoms with E-state index in [4.69, 9.17) is 16.2 Å². The number of nitrogens with zero attached hydrogens (tertiary/aromatic N) is 2. The number of halogens is 2. The fourth-order valence-corrected chi connectivity index (χ4v) is 3.21. The lowest BCUT2D eigenvalue weighted by atomic mass is 9.91. The number of alkyl halides is 2. The van der Waals surface area contributed by atoms with Crippen LogP contribution in [0.4, 0.5) is 8.78 Å². The van der Waals surface area contributed by atoms with Gasteiger partial charge in [0.05, 0.1) is 0 Å². The molecule has 7 nitrogen and oxygen atoms in total. The Balaban J connectivity index is 2.15. The summed E-state index contributed by atoms with van der Waals surface area (Å²) in [6.45, 7) is 0.797. The van der Waals surface area contributed by atoms with Crippen LogP contribution in [0.25, 0.3) is 11.1 Å². The summed E-state index contributed by atoms with van der Waals surface area (Å²) >= 11 is 0. The molecule has 0 saturated carbocycles. The van der Waals surface area contributed by atoms with E-state index in [1.165, 1.54) is 25.4 Å². The van der Waals surface area contributed by atoms with E-state index in [1.807, 2.05) is 6.07 Å². The number of hydrogen-bond acceptors (Lipinski definition) is 5. The molecule has 166 valence electrons. The molecule has 1 aliphatic rings. The van der Waals surface area contributed by atoms with Gasteiger partial charge in [-0.1, -0.05) is 36.9 Å². The summed E-state index contributed by atoms with van der Waals surface area (Å²) in [5.74, 6) is 0.884. The number of benzene rings is 2. The maximum Gasteiger partial charge on any atom is 0.387 e. The SMILES string of the molecule is C=C/C=C1\C(=C/N)Oc2ccc(-c3cccc(OC(F)F)c3)cc2C1/N=C(/N)N(C)C=O. The molecule has 1 aliphatic heterocycles. The van der Waals surface area contributed by atoms with E-state index in [0.717, 1.165) is 4.90 Å². The summed E-state index contributed by atoms with van der Waals surface area (Å²) in [7, 11) is 1.48. The Morgan fingerprint density at radius 1 is 1.28 bits per heavy atom. The van der Waals surface area contributed by atoms with E-state index in [1.54, 1.807) is 36.4 Å². The fourth-order valence-electron chi connectivity index (χ4n) is 3.21. The first-order chi connectivity index (χ1) is 15.4. The van der Waals surface area contributed by atoms with Crippen molar-refractivity contribution in [3.05, 3.63) is 84.3 Å². The van der Waals surface area contributed by atoms with Crippen molar-refractivity contribution in [2.24, 2.45) is 16.5 Å². The van der Waals surface area contributed by atoms with E-state index in [2.05, 4.69) is 16.3 Å². The van der Waals surface area contributed by atoms with Gasteiger partial charge in [-0.3, -0.25) is 9.69 Å². The molecule has 0 aliphatic carbocycles. The number of allylic oxidation sites excluding steroid dienone is 2. The maximum atomic E-state index is 12.6. The summed E-state index contributed by atoms with van der Waals surface area (Å²) in [5, 5.41) is 0. The number of guanidine groups is 1. The average Bonchev–Trinajstić information content (AvgIpc) is 2.79. The van der Waals surface area contributed by atoms with Crippen LogP contribution in [0.15, 0.2) is 83.7 Å². The fraction of sp³-hybridized carbons (Fsp3) is 0.130. The second-order valence-electron chi connectivity index (χ2n) is 6.76. The average molecular weight is 440 g/mol. The van der Waals surface area contributed by atoms with E-state index >= 15 is 0 Å². The predicted molar refractivity (Wildman–Crippen MR) is 118 cm³/mol.